The van der Waals surface area contributed by atoms with Crippen LogP contribution in [0, 0.1) is 10.1 Å². The van der Waals surface area contributed by atoms with Crippen LogP contribution >= 0.6 is 11.6 Å². The third-order valence-corrected chi connectivity index (χ3v) is 3.50. The number of halogens is 1. The summed E-state index contributed by atoms with van der Waals surface area (Å²) in [4.78, 5) is 22.1. The molecule has 3 rings (SSSR count). The van der Waals surface area contributed by atoms with Gasteiger partial charge in [-0.1, -0.05) is 35.9 Å². The third-order valence-electron chi connectivity index (χ3n) is 3.19. The highest BCUT2D eigenvalue weighted by Crippen LogP contribution is 2.33. The molecule has 0 aliphatic rings. The summed E-state index contributed by atoms with van der Waals surface area (Å²) in [5.41, 5.74) is 0.367. The second-order valence-electron chi connectivity index (χ2n) is 4.88. The van der Waals surface area contributed by atoms with Crippen LogP contribution in [0.5, 0.6) is 11.5 Å². The predicted octanol–water partition coefficient (Wildman–Crippen LogP) is 4.89. The van der Waals surface area contributed by atoms with E-state index in [9.17, 15) is 14.9 Å². The molecule has 8 heteroatoms. The molecule has 1 amide bonds. The first kappa shape index (κ1) is 16.5. The van der Waals surface area contributed by atoms with Crippen LogP contribution in [0.3, 0.4) is 0 Å². The average Bonchev–Trinajstić information content (AvgIpc) is 3.09. The molecule has 0 aliphatic heterocycles. The molecule has 126 valence electrons. The molecule has 0 unspecified atom stereocenters. The maximum Gasteiger partial charge on any atom is 0.433 e. The lowest BCUT2D eigenvalue weighted by Crippen LogP contribution is -2.11. The van der Waals surface area contributed by atoms with Crippen molar-refractivity contribution < 1.29 is 18.9 Å². The standard InChI is InChI=1S/C17H11ClN2O5/c18-11-5-1-3-7-13(11)24-14-8-4-2-6-12(14)19-17(21)15-9-10-16(25-15)20(22)23/h1-10H,(H,19,21). The number of furan rings is 1. The minimum atomic E-state index is -0.717. The highest BCUT2D eigenvalue weighted by Gasteiger charge is 2.18. The number of nitrogens with one attached hydrogen (secondary N) is 1. The average molecular weight is 359 g/mol. The van der Waals surface area contributed by atoms with E-state index in [4.69, 9.17) is 20.8 Å². The molecule has 0 atom stereocenters. The van der Waals surface area contributed by atoms with Gasteiger partial charge < -0.3 is 14.5 Å². The number of carbonyl (C=O) groups is 1. The second kappa shape index (κ2) is 7.06. The molecular formula is C17H11ClN2O5. The summed E-state index contributed by atoms with van der Waals surface area (Å²) in [5, 5.41) is 13.6. The molecule has 0 saturated carbocycles. The van der Waals surface area contributed by atoms with E-state index in [1.165, 1.54) is 6.07 Å². The second-order valence-corrected chi connectivity index (χ2v) is 5.28. The third kappa shape index (κ3) is 3.78. The highest BCUT2D eigenvalue weighted by molar-refractivity contribution is 6.32. The van der Waals surface area contributed by atoms with Crippen LogP contribution in [0.1, 0.15) is 10.6 Å². The molecule has 0 aliphatic carbocycles. The Balaban J connectivity index is 1.82. The summed E-state index contributed by atoms with van der Waals surface area (Å²) in [5.74, 6) is -0.530. The van der Waals surface area contributed by atoms with Crippen LogP contribution in [0.2, 0.25) is 5.02 Å². The van der Waals surface area contributed by atoms with Gasteiger partial charge >= 0.3 is 5.88 Å². The van der Waals surface area contributed by atoms with E-state index in [0.29, 0.717) is 22.2 Å². The molecule has 0 spiro atoms. The Labute approximate surface area is 146 Å². The predicted molar refractivity (Wildman–Crippen MR) is 91.3 cm³/mol. The smallest absolute Gasteiger partial charge is 0.433 e. The first-order valence-electron chi connectivity index (χ1n) is 7.11. The molecular weight excluding hydrogens is 348 g/mol. The molecule has 7 nitrogen and oxygen atoms in total. The summed E-state index contributed by atoms with van der Waals surface area (Å²) in [7, 11) is 0. The Kier molecular flexibility index (Phi) is 4.67. The normalized spacial score (nSPS) is 10.3. The number of benzene rings is 2. The molecule has 0 radical (unpaired) electrons. The molecule has 1 aromatic heterocycles. The Morgan fingerprint density at radius 1 is 1.04 bits per heavy atom. The number of nitrogens with zero attached hydrogens (tertiary/aromatic N) is 1. The van der Waals surface area contributed by atoms with Gasteiger partial charge in [0, 0.05) is 0 Å². The number of para-hydroxylation sites is 3. The van der Waals surface area contributed by atoms with Crippen molar-refractivity contribution in [2.45, 2.75) is 0 Å². The van der Waals surface area contributed by atoms with Crippen molar-refractivity contribution in [3.8, 4) is 11.5 Å². The van der Waals surface area contributed by atoms with E-state index in [0.717, 1.165) is 6.07 Å². The van der Waals surface area contributed by atoms with Gasteiger partial charge in [0.25, 0.3) is 5.91 Å². The van der Waals surface area contributed by atoms with Gasteiger partial charge in [-0.25, -0.2) is 0 Å². The quantitative estimate of drug-likeness (QED) is 0.517. The zero-order valence-electron chi connectivity index (χ0n) is 12.6. The SMILES string of the molecule is O=C(Nc1ccccc1Oc1ccccc1Cl)c1ccc([N+](=O)[O-])o1. The molecule has 0 saturated heterocycles. The maximum atomic E-state index is 12.2. The van der Waals surface area contributed by atoms with Crippen LogP contribution < -0.4 is 10.1 Å². The first-order chi connectivity index (χ1) is 12.0. The fourth-order valence-electron chi connectivity index (χ4n) is 2.04. The van der Waals surface area contributed by atoms with E-state index in [1.807, 2.05) is 0 Å². The van der Waals surface area contributed by atoms with Crippen molar-refractivity contribution in [2.75, 3.05) is 5.32 Å². The fourth-order valence-corrected chi connectivity index (χ4v) is 2.21. The Bertz CT molecular complexity index is 938. The van der Waals surface area contributed by atoms with Crippen LogP contribution in [-0.4, -0.2) is 10.8 Å². The fraction of sp³-hybridized carbons (Fsp3) is 0. The Hall–Kier alpha value is -3.32. The number of hydrogen-bond donors (Lipinski definition) is 1. The Morgan fingerprint density at radius 3 is 2.40 bits per heavy atom. The van der Waals surface area contributed by atoms with Crippen molar-refractivity contribution in [3.05, 3.63) is 81.6 Å². The summed E-state index contributed by atoms with van der Waals surface area (Å²) in [6.07, 6.45) is 0. The van der Waals surface area contributed by atoms with E-state index >= 15 is 0 Å². The molecule has 2 aromatic carbocycles. The zero-order valence-corrected chi connectivity index (χ0v) is 13.4. The summed E-state index contributed by atoms with van der Waals surface area (Å²) < 4.78 is 10.6. The lowest BCUT2D eigenvalue weighted by Gasteiger charge is -2.12. The minimum Gasteiger partial charge on any atom is -0.454 e. The number of carbonyl (C=O) groups excluding carboxylic acids is 1. The maximum absolute atomic E-state index is 12.2. The molecule has 0 fully saturated rings. The number of ether oxygens (including phenoxy) is 1. The van der Waals surface area contributed by atoms with Crippen LogP contribution in [0.4, 0.5) is 11.6 Å². The van der Waals surface area contributed by atoms with Gasteiger partial charge in [0.2, 0.25) is 0 Å². The van der Waals surface area contributed by atoms with Crippen LogP contribution in [0.25, 0.3) is 0 Å². The van der Waals surface area contributed by atoms with Gasteiger partial charge in [0.1, 0.15) is 10.7 Å². The molecule has 3 aromatic rings. The topological polar surface area (TPSA) is 94.6 Å². The number of rotatable bonds is 5. The minimum absolute atomic E-state index is 0.181. The van der Waals surface area contributed by atoms with E-state index in [2.05, 4.69) is 5.32 Å². The van der Waals surface area contributed by atoms with Gasteiger partial charge in [0.15, 0.2) is 11.5 Å². The summed E-state index contributed by atoms with van der Waals surface area (Å²) in [6, 6.07) is 16.0. The van der Waals surface area contributed by atoms with Crippen molar-refractivity contribution in [1.29, 1.82) is 0 Å². The van der Waals surface area contributed by atoms with Gasteiger partial charge in [-0.05, 0) is 30.3 Å². The lowest BCUT2D eigenvalue weighted by molar-refractivity contribution is -0.402. The van der Waals surface area contributed by atoms with Gasteiger partial charge in [-0.3, -0.25) is 14.9 Å². The number of nitro groups is 1. The molecule has 1 heterocycles. The van der Waals surface area contributed by atoms with E-state index in [-0.39, 0.29) is 5.76 Å². The number of hydrogen-bond acceptors (Lipinski definition) is 5. The lowest BCUT2D eigenvalue weighted by atomic mass is 10.2. The van der Waals surface area contributed by atoms with E-state index in [1.54, 1.807) is 48.5 Å². The van der Waals surface area contributed by atoms with Crippen molar-refractivity contribution >= 4 is 29.1 Å². The van der Waals surface area contributed by atoms with Crippen molar-refractivity contribution in [3.63, 3.8) is 0 Å². The van der Waals surface area contributed by atoms with Crippen LogP contribution in [0.15, 0.2) is 65.1 Å². The van der Waals surface area contributed by atoms with Gasteiger partial charge in [0.05, 0.1) is 16.8 Å². The van der Waals surface area contributed by atoms with E-state index < -0.39 is 16.7 Å². The van der Waals surface area contributed by atoms with Gasteiger partial charge in [-0.15, -0.1) is 0 Å². The largest absolute Gasteiger partial charge is 0.454 e. The first-order valence-corrected chi connectivity index (χ1v) is 7.49. The molecule has 0 bridgehead atoms. The number of anilines is 1. The zero-order chi connectivity index (χ0) is 17.8. The van der Waals surface area contributed by atoms with Crippen molar-refractivity contribution in [1.82, 2.24) is 0 Å². The highest BCUT2D eigenvalue weighted by atomic mass is 35.5. The summed E-state index contributed by atoms with van der Waals surface area (Å²) >= 11 is 6.07. The number of amides is 1. The molecule has 1 N–H and O–H groups in total. The Morgan fingerprint density at radius 2 is 1.72 bits per heavy atom. The monoisotopic (exact) mass is 358 g/mol. The molecule has 25 heavy (non-hydrogen) atoms. The summed E-state index contributed by atoms with van der Waals surface area (Å²) in [6.45, 7) is 0. The van der Waals surface area contributed by atoms with Gasteiger partial charge in [-0.2, -0.15) is 0 Å². The van der Waals surface area contributed by atoms with Crippen LogP contribution in [-0.2, 0) is 0 Å². The van der Waals surface area contributed by atoms with Crippen molar-refractivity contribution in [2.24, 2.45) is 0 Å².